The van der Waals surface area contributed by atoms with Crippen LogP contribution in [0.25, 0.3) is 22.3 Å². The Morgan fingerprint density at radius 2 is 0.958 bits per heavy atom. The van der Waals surface area contributed by atoms with Crippen molar-refractivity contribution in [2.45, 2.75) is 112 Å². The fourth-order valence-corrected chi connectivity index (χ4v) is 7.67. The van der Waals surface area contributed by atoms with Gasteiger partial charge in [0.05, 0.1) is 5.56 Å². The van der Waals surface area contributed by atoms with Crippen molar-refractivity contribution in [3.8, 4) is 22.3 Å². The number of rotatable bonds is 17. The van der Waals surface area contributed by atoms with Crippen LogP contribution in [0.1, 0.15) is 159 Å². The van der Waals surface area contributed by atoms with Gasteiger partial charge in [-0.15, -0.1) is 0 Å². The van der Waals surface area contributed by atoms with Crippen molar-refractivity contribution in [1.29, 1.82) is 0 Å². The molecule has 14 heteroatoms. The number of halogens is 2. The number of aryl methyl sites for hydroxylation is 1. The van der Waals surface area contributed by atoms with E-state index < -0.39 is 23.5 Å². The predicted molar refractivity (Wildman–Crippen MR) is 276 cm³/mol. The molecule has 0 aliphatic heterocycles. The smallest absolute Gasteiger partial charge is 0.336 e. The molecule has 12 nitrogen and oxygen atoms in total. The Bertz CT molecular complexity index is 2840. The van der Waals surface area contributed by atoms with Gasteiger partial charge < -0.3 is 31.7 Å². The van der Waals surface area contributed by atoms with Crippen LogP contribution >= 0.6 is 0 Å². The van der Waals surface area contributed by atoms with Crippen LogP contribution < -0.4 is 26.6 Å². The first-order valence-electron chi connectivity index (χ1n) is 24.6. The molecule has 0 unspecified atom stereocenters. The molecule has 0 spiro atoms. The van der Waals surface area contributed by atoms with E-state index in [1.54, 1.807) is 31.2 Å². The van der Waals surface area contributed by atoms with Gasteiger partial charge in [0.2, 0.25) is 0 Å². The van der Waals surface area contributed by atoms with Gasteiger partial charge in [0, 0.05) is 59.5 Å². The van der Waals surface area contributed by atoms with Gasteiger partial charge in [0.15, 0.2) is 0 Å². The molecule has 5 aromatic rings. The van der Waals surface area contributed by atoms with Crippen molar-refractivity contribution in [3.63, 3.8) is 0 Å². The normalized spacial score (nSPS) is 13.2. The summed E-state index contributed by atoms with van der Waals surface area (Å²) in [5.74, 6) is -4.11. The second-order valence-electron chi connectivity index (χ2n) is 21.3. The van der Waals surface area contributed by atoms with E-state index in [-0.39, 0.29) is 85.5 Å². The SMILES string of the molecule is Cc1c(F)cc(C(=O)NC2CC2)cc1-c1ccc(C(=O)NCC(C)(C)C)cc1C(=O)NCCCCc1ccccc1.Cc1c(F)cc(C(=O)NC2CC2)cc1-c1ccc(C(=O)NCC(C)(C)C)cc1C(=O)O. The van der Waals surface area contributed by atoms with E-state index in [2.05, 4.69) is 38.7 Å². The largest absolute Gasteiger partial charge is 0.478 e. The van der Waals surface area contributed by atoms with E-state index in [0.29, 0.717) is 47.5 Å². The minimum absolute atomic E-state index is 0.105. The maximum Gasteiger partial charge on any atom is 0.336 e. The quantitative estimate of drug-likeness (QED) is 0.0501. The standard InChI is InChI=1S/C34H40FN3O3.C24H27FN2O4/c1-22-28(19-25(20-30(22)35)32(40)38-26-14-15-26)27-16-13-24(31(39)37-21-34(2,3)4)18-29(27)33(41)36-17-9-8-12-23-10-6-5-7-11-23;1-13-18(10-15(11-20(13)25)22(29)27-16-6-7-16)17-8-5-14(9-19(17)23(30)31)21(28)26-12-24(2,3)4/h5-7,10-11,13,16,18-20,26H,8-9,12,14-15,17,21H2,1-4H3,(H,36,41)(H,37,39)(H,38,40);5,8-11,16H,6-7,12H2,1-4H3,(H,26,28)(H,27,29)(H,30,31). The molecular formula is C58H67F2N5O7. The second-order valence-corrected chi connectivity index (χ2v) is 21.3. The molecule has 380 valence electrons. The van der Waals surface area contributed by atoms with Crippen molar-refractivity contribution < 1.29 is 42.7 Å². The fraction of sp³-hybridized carbons (Fsp3) is 0.379. The van der Waals surface area contributed by atoms with E-state index in [9.17, 15) is 38.3 Å². The fourth-order valence-electron chi connectivity index (χ4n) is 7.67. The summed E-state index contributed by atoms with van der Waals surface area (Å²) < 4.78 is 29.7. The van der Waals surface area contributed by atoms with Gasteiger partial charge in [-0.05, 0) is 157 Å². The summed E-state index contributed by atoms with van der Waals surface area (Å²) in [6, 6.07) is 25.1. The highest BCUT2D eigenvalue weighted by Gasteiger charge is 2.28. The summed E-state index contributed by atoms with van der Waals surface area (Å²) in [7, 11) is 0. The van der Waals surface area contributed by atoms with Gasteiger partial charge >= 0.3 is 5.97 Å². The minimum atomic E-state index is -1.24. The molecule has 2 aliphatic rings. The van der Waals surface area contributed by atoms with Crippen molar-refractivity contribution in [1.82, 2.24) is 26.6 Å². The van der Waals surface area contributed by atoms with Crippen LogP contribution in [0.5, 0.6) is 0 Å². The van der Waals surface area contributed by atoms with Gasteiger partial charge in [0.25, 0.3) is 29.5 Å². The molecule has 6 N–H and O–H groups in total. The number of aromatic carboxylic acids is 1. The lowest BCUT2D eigenvalue weighted by Crippen LogP contribution is -2.32. The number of hydrogen-bond donors (Lipinski definition) is 6. The molecule has 2 saturated carbocycles. The zero-order chi connectivity index (χ0) is 52.5. The minimum Gasteiger partial charge on any atom is -0.478 e. The number of amides is 5. The maximum absolute atomic E-state index is 15.1. The molecule has 0 atom stereocenters. The van der Waals surface area contributed by atoms with Gasteiger partial charge in [0.1, 0.15) is 11.6 Å². The predicted octanol–water partition coefficient (Wildman–Crippen LogP) is 10.4. The molecule has 0 saturated heterocycles. The van der Waals surface area contributed by atoms with Gasteiger partial charge in [-0.1, -0.05) is 84.0 Å². The molecule has 0 aromatic heterocycles. The third kappa shape index (κ3) is 15.4. The lowest BCUT2D eigenvalue weighted by atomic mass is 9.91. The van der Waals surface area contributed by atoms with E-state index in [0.717, 1.165) is 51.0 Å². The number of carbonyl (C=O) groups is 6. The highest BCUT2D eigenvalue weighted by molar-refractivity contribution is 6.06. The van der Waals surface area contributed by atoms with Crippen molar-refractivity contribution in [2.24, 2.45) is 10.8 Å². The van der Waals surface area contributed by atoms with E-state index in [1.807, 2.05) is 59.7 Å². The van der Waals surface area contributed by atoms with Crippen LogP contribution in [0, 0.1) is 36.3 Å². The Morgan fingerprint density at radius 1 is 0.514 bits per heavy atom. The number of unbranched alkanes of at least 4 members (excludes halogenated alkanes) is 1. The Kier molecular flexibility index (Phi) is 17.5. The van der Waals surface area contributed by atoms with Crippen LogP contribution in [-0.2, 0) is 6.42 Å². The molecule has 2 aliphatic carbocycles. The summed E-state index contributed by atoms with van der Waals surface area (Å²) >= 11 is 0. The number of hydrogen-bond acceptors (Lipinski definition) is 6. The molecule has 72 heavy (non-hydrogen) atoms. The topological polar surface area (TPSA) is 183 Å². The molecule has 2 fully saturated rings. The molecule has 7 rings (SSSR count). The Balaban J connectivity index is 0.000000245. The number of carbonyl (C=O) groups excluding carboxylic acids is 5. The van der Waals surface area contributed by atoms with Gasteiger partial charge in [-0.2, -0.15) is 0 Å². The van der Waals surface area contributed by atoms with Crippen LogP contribution in [-0.4, -0.2) is 72.3 Å². The highest BCUT2D eigenvalue weighted by atomic mass is 19.1. The van der Waals surface area contributed by atoms with E-state index >= 15 is 4.39 Å². The number of carboxylic acid groups (broad SMARTS) is 1. The zero-order valence-corrected chi connectivity index (χ0v) is 42.5. The molecule has 5 amide bonds. The zero-order valence-electron chi connectivity index (χ0n) is 42.5. The number of benzene rings is 5. The summed E-state index contributed by atoms with van der Waals surface area (Å²) in [5, 5.41) is 24.2. The maximum atomic E-state index is 15.1. The molecular weight excluding hydrogens is 917 g/mol. The third-order valence-corrected chi connectivity index (χ3v) is 12.2. The van der Waals surface area contributed by atoms with Crippen LogP contribution in [0.15, 0.2) is 91.0 Å². The Morgan fingerprint density at radius 3 is 1.39 bits per heavy atom. The highest BCUT2D eigenvalue weighted by Crippen LogP contribution is 2.33. The summed E-state index contributed by atoms with van der Waals surface area (Å²) in [5.41, 5.74) is 4.05. The summed E-state index contributed by atoms with van der Waals surface area (Å²) in [6.45, 7) is 16.5. The van der Waals surface area contributed by atoms with Crippen molar-refractivity contribution in [2.75, 3.05) is 19.6 Å². The average Bonchev–Trinajstić information content (AvgIpc) is 4.29. The number of carboxylic acids is 1. The summed E-state index contributed by atoms with van der Waals surface area (Å²) in [6.07, 6.45) is 6.24. The molecule has 0 heterocycles. The Hall–Kier alpha value is -7.22. The monoisotopic (exact) mass is 984 g/mol. The van der Waals surface area contributed by atoms with E-state index in [4.69, 9.17) is 0 Å². The van der Waals surface area contributed by atoms with Crippen LogP contribution in [0.3, 0.4) is 0 Å². The van der Waals surface area contributed by atoms with E-state index in [1.165, 1.54) is 42.8 Å². The van der Waals surface area contributed by atoms with Gasteiger partial charge in [-0.3, -0.25) is 24.0 Å². The lowest BCUT2D eigenvalue weighted by Gasteiger charge is -2.19. The summed E-state index contributed by atoms with van der Waals surface area (Å²) in [4.78, 5) is 76.1. The average molecular weight is 984 g/mol. The molecule has 0 bridgehead atoms. The van der Waals surface area contributed by atoms with Crippen molar-refractivity contribution >= 4 is 35.5 Å². The van der Waals surface area contributed by atoms with Crippen LogP contribution in [0.2, 0.25) is 0 Å². The first-order chi connectivity index (χ1) is 34.0. The number of nitrogens with one attached hydrogen (secondary N) is 5. The van der Waals surface area contributed by atoms with Gasteiger partial charge in [-0.25, -0.2) is 13.6 Å². The Labute approximate surface area is 421 Å². The molecule has 0 radical (unpaired) electrons. The third-order valence-electron chi connectivity index (χ3n) is 12.2. The van der Waals surface area contributed by atoms with Crippen LogP contribution in [0.4, 0.5) is 8.78 Å². The first kappa shape index (κ1) is 54.1. The molecule has 5 aromatic carbocycles. The lowest BCUT2D eigenvalue weighted by molar-refractivity contribution is 0.0696. The van der Waals surface area contributed by atoms with Crippen molar-refractivity contribution in [3.05, 3.63) is 153 Å². The second kappa shape index (κ2) is 23.3. The first-order valence-corrected chi connectivity index (χ1v) is 24.6.